The number of hydrogen-bond donors (Lipinski definition) is 1. The fraction of sp³-hybridized carbons (Fsp3) is 0.333. The SMILES string of the molecule is COc1cc(C2CC(=O)Nc3c2cnn3C)cc2c1OCO2. The number of nitrogens with zero attached hydrogens (tertiary/aromatic N) is 2. The van der Waals surface area contributed by atoms with Gasteiger partial charge < -0.3 is 19.5 Å². The molecule has 2 aliphatic rings. The van der Waals surface area contributed by atoms with Crippen LogP contribution in [0.15, 0.2) is 18.3 Å². The van der Waals surface area contributed by atoms with Crippen LogP contribution < -0.4 is 19.5 Å². The van der Waals surface area contributed by atoms with Crippen LogP contribution >= 0.6 is 0 Å². The number of anilines is 1. The predicted molar refractivity (Wildman–Crippen MR) is 77.4 cm³/mol. The zero-order valence-electron chi connectivity index (χ0n) is 12.3. The molecule has 0 radical (unpaired) electrons. The van der Waals surface area contributed by atoms with Crippen LogP contribution in [0.5, 0.6) is 17.2 Å². The van der Waals surface area contributed by atoms with Gasteiger partial charge >= 0.3 is 0 Å². The van der Waals surface area contributed by atoms with Crippen LogP contribution in [0.3, 0.4) is 0 Å². The number of aryl methyl sites for hydroxylation is 1. The normalized spacial score (nSPS) is 18.8. The molecule has 0 fully saturated rings. The molecule has 114 valence electrons. The number of ether oxygens (including phenoxy) is 3. The Balaban J connectivity index is 1.84. The quantitative estimate of drug-likeness (QED) is 0.912. The number of fused-ring (bicyclic) bond motifs is 2. The van der Waals surface area contributed by atoms with Crippen molar-refractivity contribution in [1.29, 1.82) is 0 Å². The van der Waals surface area contributed by atoms with Crippen LogP contribution in [-0.4, -0.2) is 29.6 Å². The molecular weight excluding hydrogens is 286 g/mol. The van der Waals surface area contributed by atoms with Crippen molar-refractivity contribution in [2.75, 3.05) is 19.2 Å². The number of rotatable bonds is 2. The first kappa shape index (κ1) is 13.0. The lowest BCUT2D eigenvalue weighted by Crippen LogP contribution is -2.24. The molecular formula is C15H15N3O4. The Morgan fingerprint density at radius 1 is 1.41 bits per heavy atom. The van der Waals surface area contributed by atoms with Crippen molar-refractivity contribution in [3.63, 3.8) is 0 Å². The molecule has 7 heteroatoms. The fourth-order valence-electron chi connectivity index (χ4n) is 2.99. The van der Waals surface area contributed by atoms with Gasteiger partial charge in [-0.1, -0.05) is 0 Å². The van der Waals surface area contributed by atoms with Gasteiger partial charge in [-0.15, -0.1) is 0 Å². The molecule has 7 nitrogen and oxygen atoms in total. The minimum Gasteiger partial charge on any atom is -0.493 e. The summed E-state index contributed by atoms with van der Waals surface area (Å²) < 4.78 is 17.9. The molecule has 22 heavy (non-hydrogen) atoms. The second-order valence-corrected chi connectivity index (χ2v) is 5.33. The Bertz CT molecular complexity index is 768. The van der Waals surface area contributed by atoms with Gasteiger partial charge in [0.15, 0.2) is 11.5 Å². The Morgan fingerprint density at radius 3 is 3.09 bits per heavy atom. The average molecular weight is 301 g/mol. The van der Waals surface area contributed by atoms with Gasteiger partial charge in [0, 0.05) is 24.9 Å². The minimum absolute atomic E-state index is 0.0299. The first-order chi connectivity index (χ1) is 10.7. The van der Waals surface area contributed by atoms with Gasteiger partial charge in [-0.25, -0.2) is 0 Å². The predicted octanol–water partition coefficient (Wildman–Crippen LogP) is 1.63. The summed E-state index contributed by atoms with van der Waals surface area (Å²) in [4.78, 5) is 12.0. The van der Waals surface area contributed by atoms with E-state index in [1.54, 1.807) is 18.0 Å². The summed E-state index contributed by atoms with van der Waals surface area (Å²) in [6, 6.07) is 3.80. The van der Waals surface area contributed by atoms with Gasteiger partial charge in [0.2, 0.25) is 18.4 Å². The smallest absolute Gasteiger partial charge is 0.231 e. The molecule has 1 aromatic heterocycles. The second-order valence-electron chi connectivity index (χ2n) is 5.33. The van der Waals surface area contributed by atoms with Gasteiger partial charge in [0.05, 0.1) is 13.3 Å². The van der Waals surface area contributed by atoms with E-state index in [9.17, 15) is 4.79 Å². The maximum Gasteiger partial charge on any atom is 0.231 e. The number of benzene rings is 1. The Kier molecular flexibility index (Phi) is 2.75. The maximum absolute atomic E-state index is 12.0. The van der Waals surface area contributed by atoms with Gasteiger partial charge in [-0.05, 0) is 17.7 Å². The van der Waals surface area contributed by atoms with Crippen LogP contribution in [-0.2, 0) is 11.8 Å². The monoisotopic (exact) mass is 301 g/mol. The fourth-order valence-corrected chi connectivity index (χ4v) is 2.99. The first-order valence-corrected chi connectivity index (χ1v) is 6.96. The van der Waals surface area contributed by atoms with Gasteiger partial charge in [-0.3, -0.25) is 9.48 Å². The Labute approximate surface area is 126 Å². The number of methoxy groups -OCH3 is 1. The molecule has 1 atom stereocenters. The lowest BCUT2D eigenvalue weighted by molar-refractivity contribution is -0.116. The van der Waals surface area contributed by atoms with Crippen LogP contribution in [0, 0.1) is 0 Å². The van der Waals surface area contributed by atoms with E-state index >= 15 is 0 Å². The molecule has 1 N–H and O–H groups in total. The van der Waals surface area contributed by atoms with Crippen LogP contribution in [0.4, 0.5) is 5.82 Å². The molecule has 0 spiro atoms. The van der Waals surface area contributed by atoms with Crippen LogP contribution in [0.25, 0.3) is 0 Å². The number of carbonyl (C=O) groups excluding carboxylic acids is 1. The van der Waals surface area contributed by atoms with Crippen molar-refractivity contribution in [2.24, 2.45) is 7.05 Å². The lowest BCUT2D eigenvalue weighted by Gasteiger charge is -2.23. The number of carbonyl (C=O) groups is 1. The molecule has 2 aliphatic heterocycles. The summed E-state index contributed by atoms with van der Waals surface area (Å²) >= 11 is 0. The largest absolute Gasteiger partial charge is 0.493 e. The third-order valence-electron chi connectivity index (χ3n) is 4.07. The van der Waals surface area contributed by atoms with E-state index in [1.807, 2.05) is 19.2 Å². The van der Waals surface area contributed by atoms with Crippen LogP contribution in [0.1, 0.15) is 23.5 Å². The van der Waals surface area contributed by atoms with E-state index in [0.717, 1.165) is 16.9 Å². The van der Waals surface area contributed by atoms with Gasteiger partial charge in [0.1, 0.15) is 5.82 Å². The zero-order valence-corrected chi connectivity index (χ0v) is 12.3. The highest BCUT2D eigenvalue weighted by Crippen LogP contribution is 2.46. The molecule has 0 bridgehead atoms. The van der Waals surface area contributed by atoms with Gasteiger partial charge in [0.25, 0.3) is 0 Å². The Morgan fingerprint density at radius 2 is 2.27 bits per heavy atom. The van der Waals surface area contributed by atoms with E-state index < -0.39 is 0 Å². The lowest BCUT2D eigenvalue weighted by atomic mass is 9.87. The summed E-state index contributed by atoms with van der Waals surface area (Å²) in [5, 5.41) is 7.10. The molecule has 1 unspecified atom stereocenters. The van der Waals surface area contributed by atoms with Crippen LogP contribution in [0.2, 0.25) is 0 Å². The highest BCUT2D eigenvalue weighted by atomic mass is 16.7. The van der Waals surface area contributed by atoms with E-state index in [0.29, 0.717) is 23.7 Å². The molecule has 3 heterocycles. The highest BCUT2D eigenvalue weighted by Gasteiger charge is 2.31. The summed E-state index contributed by atoms with van der Waals surface area (Å²) in [5.74, 6) is 2.49. The topological polar surface area (TPSA) is 74.6 Å². The van der Waals surface area contributed by atoms with Crippen molar-refractivity contribution in [2.45, 2.75) is 12.3 Å². The first-order valence-electron chi connectivity index (χ1n) is 6.96. The van der Waals surface area contributed by atoms with Crippen molar-refractivity contribution in [1.82, 2.24) is 9.78 Å². The number of hydrogen-bond acceptors (Lipinski definition) is 5. The van der Waals surface area contributed by atoms with E-state index in [1.165, 1.54) is 0 Å². The molecule has 0 saturated carbocycles. The third kappa shape index (κ3) is 1.82. The van der Waals surface area contributed by atoms with Crippen molar-refractivity contribution in [3.05, 3.63) is 29.5 Å². The second kappa shape index (κ2) is 4.66. The summed E-state index contributed by atoms with van der Waals surface area (Å²) in [7, 11) is 3.39. The van der Waals surface area contributed by atoms with Crippen molar-refractivity contribution in [3.8, 4) is 17.2 Å². The third-order valence-corrected chi connectivity index (χ3v) is 4.07. The molecule has 0 aliphatic carbocycles. The van der Waals surface area contributed by atoms with Crippen molar-refractivity contribution >= 4 is 11.7 Å². The molecule has 0 saturated heterocycles. The Hall–Kier alpha value is -2.70. The number of amides is 1. The molecule has 2 aromatic rings. The van der Waals surface area contributed by atoms with E-state index in [4.69, 9.17) is 14.2 Å². The van der Waals surface area contributed by atoms with Crippen molar-refractivity contribution < 1.29 is 19.0 Å². The summed E-state index contributed by atoms with van der Waals surface area (Å²) in [5.41, 5.74) is 1.94. The summed E-state index contributed by atoms with van der Waals surface area (Å²) in [6.07, 6.45) is 2.15. The minimum atomic E-state index is -0.0825. The molecule has 1 amide bonds. The van der Waals surface area contributed by atoms with E-state index in [-0.39, 0.29) is 18.6 Å². The van der Waals surface area contributed by atoms with E-state index in [2.05, 4.69) is 10.4 Å². The standard InChI is InChI=1S/C15H15N3O4/c1-18-15-10(6-16-18)9(5-13(19)17-15)8-3-11(20-2)14-12(4-8)21-7-22-14/h3-4,6,9H,5,7H2,1-2H3,(H,17,19). The maximum atomic E-state index is 12.0. The number of aromatic nitrogens is 2. The summed E-state index contributed by atoms with van der Waals surface area (Å²) in [6.45, 7) is 0.179. The molecule has 1 aromatic carbocycles. The average Bonchev–Trinajstić information content (AvgIpc) is 3.13. The zero-order chi connectivity index (χ0) is 15.3. The molecule has 4 rings (SSSR count). The van der Waals surface area contributed by atoms with Gasteiger partial charge in [-0.2, -0.15) is 5.10 Å². The number of nitrogens with one attached hydrogen (secondary N) is 1. The highest BCUT2D eigenvalue weighted by molar-refractivity contribution is 5.94.